The molecule has 1 aromatic rings. The van der Waals surface area contributed by atoms with Gasteiger partial charge >= 0.3 is 0 Å². The van der Waals surface area contributed by atoms with Gasteiger partial charge in [0.2, 0.25) is 0 Å². The van der Waals surface area contributed by atoms with E-state index in [1.807, 2.05) is 12.3 Å². The fourth-order valence-corrected chi connectivity index (χ4v) is 3.51. The zero-order valence-corrected chi connectivity index (χ0v) is 13.5. The number of halogens is 2. The molecule has 1 N–H and O–H groups in total. The van der Waals surface area contributed by atoms with Crippen LogP contribution in [0.4, 0.5) is 0 Å². The Morgan fingerprint density at radius 3 is 2.40 bits per heavy atom. The lowest BCUT2D eigenvalue weighted by Crippen LogP contribution is -2.46. The van der Waals surface area contributed by atoms with Crippen molar-refractivity contribution in [3.63, 3.8) is 0 Å². The third-order valence-electron chi connectivity index (χ3n) is 4.38. The van der Waals surface area contributed by atoms with Crippen molar-refractivity contribution in [2.75, 3.05) is 26.2 Å². The van der Waals surface area contributed by atoms with Gasteiger partial charge in [0, 0.05) is 32.4 Å². The summed E-state index contributed by atoms with van der Waals surface area (Å²) in [4.78, 5) is 7.28. The van der Waals surface area contributed by atoms with E-state index in [0.29, 0.717) is 6.04 Å². The molecule has 0 unspecified atom stereocenters. The Bertz CT molecular complexity index is 363. The van der Waals surface area contributed by atoms with Crippen LogP contribution in [0.15, 0.2) is 24.4 Å². The van der Waals surface area contributed by atoms with Crippen LogP contribution in [0.1, 0.15) is 37.4 Å². The number of hydrogen-bond donors (Lipinski definition) is 1. The molecule has 1 atom stereocenters. The van der Waals surface area contributed by atoms with Crippen LogP contribution in [0.25, 0.3) is 0 Å². The maximum absolute atomic E-state index is 4.64. The smallest absolute Gasteiger partial charge is 0.0578 e. The highest BCUT2D eigenvalue weighted by Gasteiger charge is 2.32. The lowest BCUT2D eigenvalue weighted by molar-refractivity contribution is 0.122. The van der Waals surface area contributed by atoms with Crippen molar-refractivity contribution in [3.8, 4) is 0 Å². The highest BCUT2D eigenvalue weighted by Crippen LogP contribution is 2.38. The summed E-state index contributed by atoms with van der Waals surface area (Å²) >= 11 is 0. The number of rotatable bonds is 3. The summed E-state index contributed by atoms with van der Waals surface area (Å²) in [5.41, 5.74) is 1.28. The topological polar surface area (TPSA) is 28.2 Å². The molecule has 20 heavy (non-hydrogen) atoms. The van der Waals surface area contributed by atoms with Gasteiger partial charge in [-0.05, 0) is 30.9 Å². The third-order valence-corrected chi connectivity index (χ3v) is 4.38. The number of piperazine rings is 1. The van der Waals surface area contributed by atoms with Crippen molar-refractivity contribution in [1.82, 2.24) is 15.2 Å². The Labute approximate surface area is 134 Å². The molecular weight excluding hydrogens is 293 g/mol. The average molecular weight is 318 g/mol. The molecule has 3 rings (SSSR count). The monoisotopic (exact) mass is 317 g/mol. The van der Waals surface area contributed by atoms with Gasteiger partial charge in [-0.2, -0.15) is 0 Å². The summed E-state index contributed by atoms with van der Waals surface area (Å²) in [6, 6.07) is 6.92. The summed E-state index contributed by atoms with van der Waals surface area (Å²) in [5.74, 6) is 0.818. The maximum atomic E-state index is 4.64. The Kier molecular flexibility index (Phi) is 7.82. The molecule has 1 saturated carbocycles. The minimum atomic E-state index is 0. The van der Waals surface area contributed by atoms with Crippen LogP contribution in [0.3, 0.4) is 0 Å². The molecule has 1 aliphatic heterocycles. The summed E-state index contributed by atoms with van der Waals surface area (Å²) < 4.78 is 0. The first-order chi connectivity index (χ1) is 8.95. The van der Waals surface area contributed by atoms with E-state index in [2.05, 4.69) is 27.3 Å². The first kappa shape index (κ1) is 17.7. The molecule has 114 valence electrons. The molecule has 0 radical (unpaired) electrons. The van der Waals surface area contributed by atoms with Gasteiger partial charge in [-0.1, -0.05) is 18.9 Å². The molecule has 0 amide bonds. The Hall–Kier alpha value is -0.350. The summed E-state index contributed by atoms with van der Waals surface area (Å²) in [6.07, 6.45) is 7.51. The molecule has 2 heterocycles. The average Bonchev–Trinajstić information content (AvgIpc) is 2.95. The molecular formula is C15H25Cl2N3. The Morgan fingerprint density at radius 1 is 1.10 bits per heavy atom. The molecule has 2 fully saturated rings. The molecule has 0 spiro atoms. The van der Waals surface area contributed by atoms with Gasteiger partial charge < -0.3 is 5.32 Å². The third kappa shape index (κ3) is 4.08. The van der Waals surface area contributed by atoms with Gasteiger partial charge in [0.1, 0.15) is 0 Å². The lowest BCUT2D eigenvalue weighted by Gasteiger charge is -2.38. The first-order valence-electron chi connectivity index (χ1n) is 7.31. The predicted molar refractivity (Wildman–Crippen MR) is 87.9 cm³/mol. The second-order valence-corrected chi connectivity index (χ2v) is 5.53. The summed E-state index contributed by atoms with van der Waals surface area (Å²) in [7, 11) is 0. The van der Waals surface area contributed by atoms with E-state index < -0.39 is 0 Å². The zero-order valence-electron chi connectivity index (χ0n) is 11.8. The minimum Gasteiger partial charge on any atom is -0.314 e. The van der Waals surface area contributed by atoms with Crippen molar-refractivity contribution in [2.45, 2.75) is 31.7 Å². The van der Waals surface area contributed by atoms with E-state index in [1.54, 1.807) is 0 Å². The number of nitrogens with zero attached hydrogens (tertiary/aromatic N) is 2. The molecule has 3 nitrogen and oxygen atoms in total. The molecule has 1 aromatic heterocycles. The van der Waals surface area contributed by atoms with E-state index in [9.17, 15) is 0 Å². The fourth-order valence-electron chi connectivity index (χ4n) is 3.51. The standard InChI is InChI=1S/C15H23N3.2ClH/c1-2-6-13(5-1)15(14-7-3-4-8-17-14)18-11-9-16-10-12-18;;/h3-4,7-8,13,15-16H,1-2,5-6,9-12H2;2*1H/t15-;;/m0../s1. The molecule has 1 saturated heterocycles. The summed E-state index contributed by atoms with van der Waals surface area (Å²) in [5, 5.41) is 3.45. The predicted octanol–water partition coefficient (Wildman–Crippen LogP) is 3.06. The fraction of sp³-hybridized carbons (Fsp3) is 0.667. The maximum Gasteiger partial charge on any atom is 0.0578 e. The highest BCUT2D eigenvalue weighted by atomic mass is 35.5. The van der Waals surface area contributed by atoms with E-state index in [4.69, 9.17) is 0 Å². The van der Waals surface area contributed by atoms with Crippen molar-refractivity contribution in [3.05, 3.63) is 30.1 Å². The van der Waals surface area contributed by atoms with Gasteiger partial charge in [-0.25, -0.2) is 0 Å². The van der Waals surface area contributed by atoms with E-state index in [1.165, 1.54) is 31.4 Å². The van der Waals surface area contributed by atoms with Crippen LogP contribution < -0.4 is 5.32 Å². The SMILES string of the molecule is Cl.Cl.c1ccc([C@H](C2CCCC2)N2CCNCC2)nc1. The Morgan fingerprint density at radius 2 is 1.80 bits per heavy atom. The molecule has 1 aliphatic carbocycles. The van der Waals surface area contributed by atoms with Gasteiger partial charge in [0.05, 0.1) is 11.7 Å². The van der Waals surface area contributed by atoms with Crippen molar-refractivity contribution in [1.29, 1.82) is 0 Å². The van der Waals surface area contributed by atoms with Gasteiger partial charge in [0.25, 0.3) is 0 Å². The van der Waals surface area contributed by atoms with E-state index in [-0.39, 0.29) is 24.8 Å². The second kappa shape index (κ2) is 8.83. The van der Waals surface area contributed by atoms with Crippen LogP contribution in [-0.4, -0.2) is 36.1 Å². The first-order valence-corrected chi connectivity index (χ1v) is 7.31. The zero-order chi connectivity index (χ0) is 12.2. The van der Waals surface area contributed by atoms with Crippen molar-refractivity contribution < 1.29 is 0 Å². The van der Waals surface area contributed by atoms with Gasteiger partial charge in [0.15, 0.2) is 0 Å². The van der Waals surface area contributed by atoms with Crippen LogP contribution in [0, 0.1) is 5.92 Å². The Balaban J connectivity index is 0.000001000. The molecule has 0 aromatic carbocycles. The normalized spacial score (nSPS) is 21.8. The van der Waals surface area contributed by atoms with Crippen LogP contribution in [0.5, 0.6) is 0 Å². The van der Waals surface area contributed by atoms with Crippen molar-refractivity contribution in [2.24, 2.45) is 5.92 Å². The molecule has 2 aliphatic rings. The van der Waals surface area contributed by atoms with Crippen LogP contribution in [0.2, 0.25) is 0 Å². The lowest BCUT2D eigenvalue weighted by atomic mass is 9.93. The minimum absolute atomic E-state index is 0. The van der Waals surface area contributed by atoms with Crippen molar-refractivity contribution >= 4 is 24.8 Å². The number of aromatic nitrogens is 1. The van der Waals surface area contributed by atoms with E-state index in [0.717, 1.165) is 32.1 Å². The van der Waals surface area contributed by atoms with Crippen LogP contribution in [-0.2, 0) is 0 Å². The molecule has 5 heteroatoms. The number of hydrogen-bond acceptors (Lipinski definition) is 3. The van der Waals surface area contributed by atoms with Gasteiger partial charge in [-0.3, -0.25) is 9.88 Å². The highest BCUT2D eigenvalue weighted by molar-refractivity contribution is 5.85. The van der Waals surface area contributed by atoms with Gasteiger partial charge in [-0.15, -0.1) is 24.8 Å². The summed E-state index contributed by atoms with van der Waals surface area (Å²) in [6.45, 7) is 4.57. The van der Waals surface area contributed by atoms with Crippen LogP contribution >= 0.6 is 24.8 Å². The number of nitrogens with one attached hydrogen (secondary N) is 1. The largest absolute Gasteiger partial charge is 0.314 e. The molecule has 0 bridgehead atoms. The number of pyridine rings is 1. The second-order valence-electron chi connectivity index (χ2n) is 5.53. The van der Waals surface area contributed by atoms with E-state index >= 15 is 0 Å². The quantitative estimate of drug-likeness (QED) is 0.928.